The fourth-order valence-electron chi connectivity index (χ4n) is 5.04. The zero-order valence-electron chi connectivity index (χ0n) is 17.3. The van der Waals surface area contributed by atoms with Crippen LogP contribution in [0.3, 0.4) is 0 Å². The Morgan fingerprint density at radius 1 is 0.469 bits per heavy atom. The predicted octanol–water partition coefficient (Wildman–Crippen LogP) is 7.28. The van der Waals surface area contributed by atoms with Crippen molar-refractivity contribution in [3.63, 3.8) is 0 Å². The van der Waals surface area contributed by atoms with Gasteiger partial charge in [-0.2, -0.15) is 0 Å². The van der Waals surface area contributed by atoms with Crippen molar-refractivity contribution >= 4 is 43.7 Å². The first-order chi connectivity index (χ1) is 15.9. The van der Waals surface area contributed by atoms with Crippen molar-refractivity contribution in [2.45, 2.75) is 0 Å². The molecule has 0 saturated heterocycles. The minimum atomic E-state index is 1.04. The van der Waals surface area contributed by atoms with E-state index in [1.54, 1.807) is 0 Å². The first-order valence-electron chi connectivity index (χ1n) is 10.8. The molecule has 0 saturated carbocycles. The van der Waals surface area contributed by atoms with Crippen molar-refractivity contribution in [3.05, 3.63) is 115 Å². The first kappa shape index (κ1) is 17.3. The Bertz CT molecular complexity index is 1760. The number of nitrogens with zero attached hydrogens (tertiary/aromatic N) is 3. The second kappa shape index (κ2) is 6.56. The summed E-state index contributed by atoms with van der Waals surface area (Å²) in [5, 5.41) is 3.64. The largest absolute Gasteiger partial charge is 0.308 e. The van der Waals surface area contributed by atoms with Crippen LogP contribution in [0, 0.1) is 0 Å². The third-order valence-electron chi connectivity index (χ3n) is 6.34. The summed E-state index contributed by atoms with van der Waals surface area (Å²) >= 11 is 0. The molecule has 0 aliphatic heterocycles. The Morgan fingerprint density at radius 3 is 1.69 bits per heavy atom. The molecule has 0 unspecified atom stereocenters. The lowest BCUT2D eigenvalue weighted by Gasteiger charge is -2.09. The molecule has 0 bridgehead atoms. The number of hydrogen-bond donors (Lipinski definition) is 0. The van der Waals surface area contributed by atoms with E-state index < -0.39 is 0 Å². The average molecular weight is 409 g/mol. The molecule has 0 radical (unpaired) electrons. The van der Waals surface area contributed by atoms with E-state index in [1.165, 1.54) is 27.2 Å². The molecular weight excluding hydrogens is 390 g/mol. The third kappa shape index (κ3) is 2.28. The highest BCUT2D eigenvalue weighted by Gasteiger charge is 2.21. The molecule has 3 heteroatoms. The van der Waals surface area contributed by atoms with Gasteiger partial charge in [0.15, 0.2) is 0 Å². The SMILES string of the molecule is c1ccc(-n2c3ccccc3c3c2cnc2c4ccccc4n(-c4ccccc4)c23)cc1. The third-order valence-corrected chi connectivity index (χ3v) is 6.34. The molecule has 0 spiro atoms. The maximum Gasteiger partial charge on any atom is 0.0971 e. The molecule has 7 rings (SSSR count). The fourth-order valence-corrected chi connectivity index (χ4v) is 5.04. The molecule has 3 nitrogen and oxygen atoms in total. The highest BCUT2D eigenvalue weighted by Crippen LogP contribution is 2.40. The molecule has 7 aromatic rings. The molecule has 0 fully saturated rings. The van der Waals surface area contributed by atoms with Crippen LogP contribution in [0.1, 0.15) is 0 Å². The van der Waals surface area contributed by atoms with Crippen LogP contribution in [-0.2, 0) is 0 Å². The lowest BCUT2D eigenvalue weighted by molar-refractivity contribution is 1.16. The monoisotopic (exact) mass is 409 g/mol. The van der Waals surface area contributed by atoms with Gasteiger partial charge in [-0.25, -0.2) is 0 Å². The minimum absolute atomic E-state index is 1.04. The van der Waals surface area contributed by atoms with E-state index in [2.05, 4.69) is 118 Å². The Morgan fingerprint density at radius 2 is 1.00 bits per heavy atom. The van der Waals surface area contributed by atoms with E-state index in [4.69, 9.17) is 4.98 Å². The normalized spacial score (nSPS) is 11.8. The van der Waals surface area contributed by atoms with Crippen LogP contribution in [0.5, 0.6) is 0 Å². The van der Waals surface area contributed by atoms with Gasteiger partial charge in [0.2, 0.25) is 0 Å². The smallest absolute Gasteiger partial charge is 0.0971 e. The van der Waals surface area contributed by atoms with Crippen molar-refractivity contribution < 1.29 is 0 Å². The van der Waals surface area contributed by atoms with Gasteiger partial charge in [0, 0.05) is 27.5 Å². The summed E-state index contributed by atoms with van der Waals surface area (Å²) in [7, 11) is 0. The van der Waals surface area contributed by atoms with Crippen LogP contribution >= 0.6 is 0 Å². The number of para-hydroxylation sites is 4. The number of benzene rings is 4. The van der Waals surface area contributed by atoms with Gasteiger partial charge in [0.05, 0.1) is 33.8 Å². The Labute approximate surface area is 184 Å². The predicted molar refractivity (Wildman–Crippen MR) is 133 cm³/mol. The van der Waals surface area contributed by atoms with Crippen LogP contribution in [0.2, 0.25) is 0 Å². The van der Waals surface area contributed by atoms with E-state index in [0.717, 1.165) is 27.9 Å². The molecule has 32 heavy (non-hydrogen) atoms. The standard InChI is InChI=1S/C29H19N3/c1-3-11-20(12-4-1)31-24-17-9-7-15-22(24)27-26(31)19-30-28-23-16-8-10-18-25(23)32(29(27)28)21-13-5-2-6-14-21/h1-19H. The van der Waals surface area contributed by atoms with E-state index in [0.29, 0.717) is 0 Å². The lowest BCUT2D eigenvalue weighted by Crippen LogP contribution is -1.95. The Kier molecular flexibility index (Phi) is 3.55. The number of rotatable bonds is 2. The molecular formula is C29H19N3. The van der Waals surface area contributed by atoms with Crippen LogP contribution in [0.25, 0.3) is 55.1 Å². The van der Waals surface area contributed by atoms with Crippen molar-refractivity contribution in [3.8, 4) is 11.4 Å². The van der Waals surface area contributed by atoms with Gasteiger partial charge in [0.1, 0.15) is 0 Å². The highest BCUT2D eigenvalue weighted by molar-refractivity contribution is 6.24. The van der Waals surface area contributed by atoms with Gasteiger partial charge >= 0.3 is 0 Å². The number of aromatic nitrogens is 3. The summed E-state index contributed by atoms with van der Waals surface area (Å²) < 4.78 is 4.69. The molecule has 0 atom stereocenters. The summed E-state index contributed by atoms with van der Waals surface area (Å²) in [6, 6.07) is 38.3. The van der Waals surface area contributed by atoms with Crippen LogP contribution in [-0.4, -0.2) is 14.1 Å². The minimum Gasteiger partial charge on any atom is -0.308 e. The summed E-state index contributed by atoms with van der Waals surface area (Å²) in [4.78, 5) is 5.02. The van der Waals surface area contributed by atoms with Crippen LogP contribution in [0.15, 0.2) is 115 Å². The molecule has 150 valence electrons. The van der Waals surface area contributed by atoms with Crippen LogP contribution < -0.4 is 0 Å². The zero-order valence-corrected chi connectivity index (χ0v) is 17.3. The Balaban J connectivity index is 1.77. The fraction of sp³-hybridized carbons (Fsp3) is 0. The summed E-state index contributed by atoms with van der Waals surface area (Å²) in [5.41, 5.74) is 7.95. The number of fused-ring (bicyclic) bond motifs is 7. The molecule has 0 aliphatic carbocycles. The first-order valence-corrected chi connectivity index (χ1v) is 10.8. The van der Waals surface area contributed by atoms with Gasteiger partial charge in [-0.05, 0) is 36.4 Å². The molecule has 4 aromatic carbocycles. The quantitative estimate of drug-likeness (QED) is 0.294. The summed E-state index contributed by atoms with van der Waals surface area (Å²) in [5.74, 6) is 0. The molecule has 0 N–H and O–H groups in total. The van der Waals surface area contributed by atoms with E-state index in [-0.39, 0.29) is 0 Å². The van der Waals surface area contributed by atoms with Gasteiger partial charge in [-0.1, -0.05) is 72.8 Å². The summed E-state index contributed by atoms with van der Waals surface area (Å²) in [6.07, 6.45) is 2.03. The summed E-state index contributed by atoms with van der Waals surface area (Å²) in [6.45, 7) is 0. The molecule has 3 heterocycles. The van der Waals surface area contributed by atoms with E-state index >= 15 is 0 Å². The van der Waals surface area contributed by atoms with Gasteiger partial charge in [-0.15, -0.1) is 0 Å². The average Bonchev–Trinajstić information content (AvgIpc) is 3.38. The maximum absolute atomic E-state index is 5.02. The van der Waals surface area contributed by atoms with Crippen molar-refractivity contribution in [1.82, 2.24) is 14.1 Å². The van der Waals surface area contributed by atoms with Crippen molar-refractivity contribution in [2.24, 2.45) is 0 Å². The second-order valence-corrected chi connectivity index (χ2v) is 8.09. The van der Waals surface area contributed by atoms with Gasteiger partial charge < -0.3 is 9.13 Å². The topological polar surface area (TPSA) is 22.8 Å². The highest BCUT2D eigenvalue weighted by atomic mass is 15.0. The van der Waals surface area contributed by atoms with Crippen LogP contribution in [0.4, 0.5) is 0 Å². The second-order valence-electron chi connectivity index (χ2n) is 8.09. The van der Waals surface area contributed by atoms with Crippen molar-refractivity contribution in [1.29, 1.82) is 0 Å². The van der Waals surface area contributed by atoms with E-state index in [1.807, 2.05) is 6.20 Å². The van der Waals surface area contributed by atoms with Gasteiger partial charge in [-0.3, -0.25) is 4.98 Å². The number of hydrogen-bond acceptors (Lipinski definition) is 1. The molecule has 3 aromatic heterocycles. The Hall–Kier alpha value is -4.37. The molecule has 0 amide bonds. The maximum atomic E-state index is 5.02. The lowest BCUT2D eigenvalue weighted by atomic mass is 10.1. The van der Waals surface area contributed by atoms with Gasteiger partial charge in [0.25, 0.3) is 0 Å². The number of pyridine rings is 1. The zero-order chi connectivity index (χ0) is 21.1. The molecule has 0 aliphatic rings. The van der Waals surface area contributed by atoms with E-state index in [9.17, 15) is 0 Å². The van der Waals surface area contributed by atoms with Crippen molar-refractivity contribution in [2.75, 3.05) is 0 Å².